The lowest BCUT2D eigenvalue weighted by Crippen LogP contribution is -2.47. The number of carbonyl (C=O) groups excluding carboxylic acids is 2. The summed E-state index contributed by atoms with van der Waals surface area (Å²) >= 11 is 0. The van der Waals surface area contributed by atoms with Crippen molar-refractivity contribution >= 4 is 22.7 Å². The first kappa shape index (κ1) is 21.1. The van der Waals surface area contributed by atoms with Crippen molar-refractivity contribution in [1.82, 2.24) is 19.7 Å². The maximum absolute atomic E-state index is 12.9. The van der Waals surface area contributed by atoms with Gasteiger partial charge in [-0.1, -0.05) is 48.5 Å². The number of nitrogens with zero attached hydrogens (tertiary/aromatic N) is 3. The first-order chi connectivity index (χ1) is 15.0. The predicted molar refractivity (Wildman–Crippen MR) is 124 cm³/mol. The van der Waals surface area contributed by atoms with E-state index in [-0.39, 0.29) is 24.4 Å². The Kier molecular flexibility index (Phi) is 6.37. The molecule has 0 aliphatic carbocycles. The zero-order valence-corrected chi connectivity index (χ0v) is 18.3. The molecule has 2 heterocycles. The number of amides is 2. The van der Waals surface area contributed by atoms with Gasteiger partial charge in [0.15, 0.2) is 0 Å². The number of carbonyl (C=O) groups is 2. The minimum atomic E-state index is 0.0290. The summed E-state index contributed by atoms with van der Waals surface area (Å²) < 4.78 is 2.10. The molecule has 1 aliphatic heterocycles. The number of likely N-dealkylation sites (tertiary alicyclic amines) is 1. The molecule has 1 fully saturated rings. The standard InChI is InChI=1S/C25H30N4O2/c1-27(2)25(31)18-28-14-12-21(13-15-28)26-24(30)17-29-22-11-7-6-10-20(22)16-23(29)19-8-4-3-5-9-19/h3-11,16,21H,12-15,17-18H2,1-2H3,(H,26,30). The molecule has 0 saturated carbocycles. The Morgan fingerprint density at radius 3 is 2.35 bits per heavy atom. The molecular weight excluding hydrogens is 388 g/mol. The minimum absolute atomic E-state index is 0.0290. The monoisotopic (exact) mass is 418 g/mol. The second-order valence-electron chi connectivity index (χ2n) is 8.45. The largest absolute Gasteiger partial charge is 0.352 e. The van der Waals surface area contributed by atoms with Crippen molar-refractivity contribution in [2.45, 2.75) is 25.4 Å². The molecule has 1 saturated heterocycles. The normalized spacial score (nSPS) is 15.2. The van der Waals surface area contributed by atoms with Gasteiger partial charge in [0.1, 0.15) is 6.54 Å². The molecular formula is C25H30N4O2. The Bertz CT molecular complexity index is 1050. The Morgan fingerprint density at radius 2 is 1.65 bits per heavy atom. The van der Waals surface area contributed by atoms with Gasteiger partial charge < -0.3 is 14.8 Å². The van der Waals surface area contributed by atoms with Crippen LogP contribution in [0.4, 0.5) is 0 Å². The van der Waals surface area contributed by atoms with E-state index in [2.05, 4.69) is 45.1 Å². The van der Waals surface area contributed by atoms with Crippen LogP contribution in [-0.4, -0.2) is 66.0 Å². The third-order valence-corrected chi connectivity index (χ3v) is 5.99. The molecule has 0 unspecified atom stereocenters. The highest BCUT2D eigenvalue weighted by Gasteiger charge is 2.23. The molecule has 0 radical (unpaired) electrons. The molecule has 2 aromatic carbocycles. The highest BCUT2D eigenvalue weighted by atomic mass is 16.2. The van der Waals surface area contributed by atoms with Crippen molar-refractivity contribution in [3.63, 3.8) is 0 Å². The number of aromatic nitrogens is 1. The summed E-state index contributed by atoms with van der Waals surface area (Å²) in [4.78, 5) is 28.7. The molecule has 0 bridgehead atoms. The topological polar surface area (TPSA) is 57.6 Å². The minimum Gasteiger partial charge on any atom is -0.352 e. The molecule has 2 amide bonds. The molecule has 162 valence electrons. The van der Waals surface area contributed by atoms with Crippen molar-refractivity contribution in [2.75, 3.05) is 33.7 Å². The molecule has 1 aliphatic rings. The SMILES string of the molecule is CN(C)C(=O)CN1CCC(NC(=O)Cn2c(-c3ccccc3)cc3ccccc32)CC1. The van der Waals surface area contributed by atoms with Crippen LogP contribution in [0.25, 0.3) is 22.2 Å². The smallest absolute Gasteiger partial charge is 0.240 e. The van der Waals surface area contributed by atoms with E-state index < -0.39 is 0 Å². The summed E-state index contributed by atoms with van der Waals surface area (Å²) in [7, 11) is 3.56. The van der Waals surface area contributed by atoms with Crippen LogP contribution in [-0.2, 0) is 16.1 Å². The van der Waals surface area contributed by atoms with Crippen molar-refractivity contribution in [3.05, 3.63) is 60.7 Å². The van der Waals surface area contributed by atoms with Gasteiger partial charge in [0.2, 0.25) is 11.8 Å². The number of hydrogen-bond donors (Lipinski definition) is 1. The van der Waals surface area contributed by atoms with Crippen LogP contribution in [0.2, 0.25) is 0 Å². The Balaban J connectivity index is 1.42. The highest BCUT2D eigenvalue weighted by molar-refractivity contribution is 5.89. The van der Waals surface area contributed by atoms with E-state index in [4.69, 9.17) is 0 Å². The van der Waals surface area contributed by atoms with Crippen LogP contribution in [0.3, 0.4) is 0 Å². The van der Waals surface area contributed by atoms with E-state index in [1.54, 1.807) is 19.0 Å². The zero-order valence-electron chi connectivity index (χ0n) is 18.3. The first-order valence-electron chi connectivity index (χ1n) is 10.9. The first-order valence-corrected chi connectivity index (χ1v) is 10.9. The van der Waals surface area contributed by atoms with Crippen LogP contribution >= 0.6 is 0 Å². The Hall–Kier alpha value is -3.12. The lowest BCUT2D eigenvalue weighted by Gasteiger charge is -2.32. The number of fused-ring (bicyclic) bond motifs is 1. The van der Waals surface area contributed by atoms with Crippen molar-refractivity contribution in [1.29, 1.82) is 0 Å². The Morgan fingerprint density at radius 1 is 0.968 bits per heavy atom. The molecule has 6 heteroatoms. The van der Waals surface area contributed by atoms with Crippen LogP contribution in [0.15, 0.2) is 60.7 Å². The maximum Gasteiger partial charge on any atom is 0.240 e. The summed E-state index contributed by atoms with van der Waals surface area (Å²) in [5, 5.41) is 4.35. The van der Waals surface area contributed by atoms with E-state index in [0.717, 1.165) is 48.1 Å². The highest BCUT2D eigenvalue weighted by Crippen LogP contribution is 2.28. The van der Waals surface area contributed by atoms with Gasteiger partial charge in [0.25, 0.3) is 0 Å². The van der Waals surface area contributed by atoms with Gasteiger partial charge in [-0.25, -0.2) is 0 Å². The van der Waals surface area contributed by atoms with E-state index >= 15 is 0 Å². The van der Waals surface area contributed by atoms with Crippen LogP contribution in [0, 0.1) is 0 Å². The fourth-order valence-electron chi connectivity index (χ4n) is 4.21. The second-order valence-corrected chi connectivity index (χ2v) is 8.45. The molecule has 0 atom stereocenters. The summed E-state index contributed by atoms with van der Waals surface area (Å²) in [6.07, 6.45) is 1.73. The van der Waals surface area contributed by atoms with Gasteiger partial charge >= 0.3 is 0 Å². The molecule has 1 N–H and O–H groups in total. The van der Waals surface area contributed by atoms with E-state index in [1.807, 2.05) is 30.3 Å². The van der Waals surface area contributed by atoms with Gasteiger partial charge in [-0.3, -0.25) is 14.5 Å². The van der Waals surface area contributed by atoms with Gasteiger partial charge in [0, 0.05) is 49.8 Å². The lowest BCUT2D eigenvalue weighted by molar-refractivity contribution is -0.130. The zero-order chi connectivity index (χ0) is 21.8. The maximum atomic E-state index is 12.9. The molecule has 6 nitrogen and oxygen atoms in total. The summed E-state index contributed by atoms with van der Waals surface area (Å²) in [5.74, 6) is 0.150. The lowest BCUT2D eigenvalue weighted by atomic mass is 10.0. The van der Waals surface area contributed by atoms with E-state index in [0.29, 0.717) is 6.54 Å². The Labute approximate surface area is 183 Å². The van der Waals surface area contributed by atoms with Crippen molar-refractivity contribution < 1.29 is 9.59 Å². The number of benzene rings is 2. The van der Waals surface area contributed by atoms with Gasteiger partial charge in [-0.2, -0.15) is 0 Å². The summed E-state index contributed by atoms with van der Waals surface area (Å²) in [6.45, 7) is 2.39. The number of nitrogens with one attached hydrogen (secondary N) is 1. The number of piperidine rings is 1. The van der Waals surface area contributed by atoms with Crippen LogP contribution in [0.5, 0.6) is 0 Å². The fraction of sp³-hybridized carbons (Fsp3) is 0.360. The van der Waals surface area contributed by atoms with Crippen molar-refractivity contribution in [3.8, 4) is 11.3 Å². The number of para-hydroxylation sites is 1. The molecule has 3 aromatic rings. The molecule has 1 aromatic heterocycles. The van der Waals surface area contributed by atoms with E-state index in [1.165, 1.54) is 0 Å². The summed E-state index contributed by atoms with van der Waals surface area (Å²) in [6, 6.07) is 20.7. The third-order valence-electron chi connectivity index (χ3n) is 5.99. The average Bonchev–Trinajstić information content (AvgIpc) is 3.14. The average molecular weight is 419 g/mol. The molecule has 0 spiro atoms. The van der Waals surface area contributed by atoms with E-state index in [9.17, 15) is 9.59 Å². The second kappa shape index (κ2) is 9.35. The van der Waals surface area contributed by atoms with Crippen molar-refractivity contribution in [2.24, 2.45) is 0 Å². The summed E-state index contributed by atoms with van der Waals surface area (Å²) in [5.41, 5.74) is 3.22. The third kappa shape index (κ3) is 4.97. The van der Waals surface area contributed by atoms with Crippen LogP contribution in [0.1, 0.15) is 12.8 Å². The quantitative estimate of drug-likeness (QED) is 0.670. The molecule has 31 heavy (non-hydrogen) atoms. The number of rotatable bonds is 6. The van der Waals surface area contributed by atoms with Gasteiger partial charge in [-0.15, -0.1) is 0 Å². The van der Waals surface area contributed by atoms with Gasteiger partial charge in [0.05, 0.1) is 6.54 Å². The molecule has 4 rings (SSSR count). The number of hydrogen-bond acceptors (Lipinski definition) is 3. The van der Waals surface area contributed by atoms with Gasteiger partial charge in [-0.05, 0) is 30.5 Å². The predicted octanol–water partition coefficient (Wildman–Crippen LogP) is 2.98. The number of likely N-dealkylation sites (N-methyl/N-ethyl adjacent to an activating group) is 1. The van der Waals surface area contributed by atoms with Crippen LogP contribution < -0.4 is 5.32 Å². The fourth-order valence-corrected chi connectivity index (χ4v) is 4.21.